The third-order valence-corrected chi connectivity index (χ3v) is 6.64. The first-order valence-electron chi connectivity index (χ1n) is 10.8. The highest BCUT2D eigenvalue weighted by Crippen LogP contribution is 2.42. The summed E-state index contributed by atoms with van der Waals surface area (Å²) < 4.78 is 0. The largest absolute Gasteiger partial charge is 0.342 e. The van der Waals surface area contributed by atoms with Crippen molar-refractivity contribution in [1.82, 2.24) is 9.80 Å². The zero-order chi connectivity index (χ0) is 18.6. The van der Waals surface area contributed by atoms with Gasteiger partial charge in [-0.15, -0.1) is 0 Å². The van der Waals surface area contributed by atoms with Crippen molar-refractivity contribution in [3.05, 3.63) is 35.9 Å². The summed E-state index contributed by atoms with van der Waals surface area (Å²) in [6.45, 7) is 3.50. The lowest BCUT2D eigenvalue weighted by atomic mass is 9.90. The molecule has 2 aliphatic heterocycles. The molecule has 3 fully saturated rings. The Morgan fingerprint density at radius 3 is 1.93 bits per heavy atom. The van der Waals surface area contributed by atoms with E-state index < -0.39 is 0 Å². The molecule has 0 radical (unpaired) electrons. The number of carbonyl (C=O) groups excluding carboxylic acids is 2. The minimum atomic E-state index is -0.0357. The van der Waals surface area contributed by atoms with Gasteiger partial charge < -0.3 is 9.80 Å². The molecule has 0 bridgehead atoms. The summed E-state index contributed by atoms with van der Waals surface area (Å²) in [7, 11) is 0. The van der Waals surface area contributed by atoms with Gasteiger partial charge in [-0.2, -0.15) is 0 Å². The molecule has 0 aromatic heterocycles. The summed E-state index contributed by atoms with van der Waals surface area (Å²) in [5, 5.41) is 0. The zero-order valence-corrected chi connectivity index (χ0v) is 16.3. The fourth-order valence-electron chi connectivity index (χ4n) is 4.81. The molecule has 3 aliphatic rings. The van der Waals surface area contributed by atoms with Crippen LogP contribution in [0.15, 0.2) is 30.3 Å². The minimum Gasteiger partial charge on any atom is -0.342 e. The second kappa shape index (κ2) is 8.45. The van der Waals surface area contributed by atoms with Gasteiger partial charge in [-0.3, -0.25) is 9.59 Å². The van der Waals surface area contributed by atoms with Crippen molar-refractivity contribution in [3.8, 4) is 0 Å². The molecule has 4 heteroatoms. The van der Waals surface area contributed by atoms with Gasteiger partial charge in [-0.1, -0.05) is 43.2 Å². The molecule has 2 unspecified atom stereocenters. The molecule has 4 nitrogen and oxygen atoms in total. The highest BCUT2D eigenvalue weighted by Gasteiger charge is 2.51. The van der Waals surface area contributed by atoms with Crippen LogP contribution in [0, 0.1) is 17.8 Å². The normalized spacial score (nSPS) is 26.5. The van der Waals surface area contributed by atoms with E-state index in [0.717, 1.165) is 64.7 Å². The molecule has 2 saturated heterocycles. The van der Waals surface area contributed by atoms with E-state index in [2.05, 4.69) is 30.3 Å². The second-order valence-corrected chi connectivity index (χ2v) is 8.65. The molecule has 0 spiro atoms. The quantitative estimate of drug-likeness (QED) is 0.816. The van der Waals surface area contributed by atoms with Gasteiger partial charge >= 0.3 is 0 Å². The van der Waals surface area contributed by atoms with Crippen molar-refractivity contribution in [3.63, 3.8) is 0 Å². The van der Waals surface area contributed by atoms with E-state index in [9.17, 15) is 9.59 Å². The lowest BCUT2D eigenvalue weighted by molar-refractivity contribution is -0.138. The van der Waals surface area contributed by atoms with Crippen LogP contribution in [0.3, 0.4) is 0 Å². The SMILES string of the molecule is O=C(C1CC1C(=O)N1CCC(Cc2ccccc2)CC1)N1CCCCCC1. The molecule has 146 valence electrons. The minimum absolute atomic E-state index is 0.0300. The smallest absolute Gasteiger partial charge is 0.226 e. The average Bonchev–Trinajstić information content (AvgIpc) is 3.52. The van der Waals surface area contributed by atoms with Gasteiger partial charge in [0.15, 0.2) is 0 Å². The third-order valence-electron chi connectivity index (χ3n) is 6.64. The van der Waals surface area contributed by atoms with Crippen molar-refractivity contribution < 1.29 is 9.59 Å². The molecule has 27 heavy (non-hydrogen) atoms. The molecular weight excluding hydrogens is 336 g/mol. The van der Waals surface area contributed by atoms with Crippen LogP contribution >= 0.6 is 0 Å². The van der Waals surface area contributed by atoms with E-state index in [0.29, 0.717) is 5.92 Å². The van der Waals surface area contributed by atoms with Gasteiger partial charge in [0.25, 0.3) is 0 Å². The summed E-state index contributed by atoms with van der Waals surface area (Å²) in [5.41, 5.74) is 1.40. The first-order chi connectivity index (χ1) is 13.2. The fourth-order valence-corrected chi connectivity index (χ4v) is 4.81. The number of hydrogen-bond donors (Lipinski definition) is 0. The third kappa shape index (κ3) is 4.53. The average molecular weight is 369 g/mol. The molecule has 4 rings (SSSR count). The van der Waals surface area contributed by atoms with Gasteiger partial charge in [0.2, 0.25) is 11.8 Å². The number of amides is 2. The Hall–Kier alpha value is -1.84. The standard InChI is InChI=1S/C23H32N2O2/c26-22(24-12-6-1-2-7-13-24)20-17-21(20)23(27)25-14-10-19(11-15-25)16-18-8-4-3-5-9-18/h3-5,8-9,19-21H,1-2,6-7,10-17H2. The van der Waals surface area contributed by atoms with Gasteiger partial charge in [-0.05, 0) is 50.0 Å². The Labute approximate surface area is 162 Å². The van der Waals surface area contributed by atoms with Crippen LogP contribution in [0.2, 0.25) is 0 Å². The maximum atomic E-state index is 12.8. The molecule has 2 atom stereocenters. The topological polar surface area (TPSA) is 40.6 Å². The Kier molecular flexibility index (Phi) is 5.80. The Balaban J connectivity index is 1.23. The number of hydrogen-bond acceptors (Lipinski definition) is 2. The van der Waals surface area contributed by atoms with Crippen molar-refractivity contribution in [2.75, 3.05) is 26.2 Å². The summed E-state index contributed by atoms with van der Waals surface area (Å²) in [6.07, 6.45) is 8.75. The van der Waals surface area contributed by atoms with Crippen molar-refractivity contribution >= 4 is 11.8 Å². The number of piperidine rings is 1. The van der Waals surface area contributed by atoms with E-state index >= 15 is 0 Å². The van der Waals surface area contributed by atoms with Crippen LogP contribution in [-0.2, 0) is 16.0 Å². The number of rotatable bonds is 4. The van der Waals surface area contributed by atoms with Gasteiger partial charge in [0, 0.05) is 26.2 Å². The first kappa shape index (κ1) is 18.5. The highest BCUT2D eigenvalue weighted by molar-refractivity contribution is 5.92. The monoisotopic (exact) mass is 368 g/mol. The summed E-state index contributed by atoms with van der Waals surface area (Å²) in [6, 6.07) is 10.6. The van der Waals surface area contributed by atoms with Crippen LogP contribution in [0.4, 0.5) is 0 Å². The van der Waals surface area contributed by atoms with Crippen LogP contribution in [0.1, 0.15) is 50.5 Å². The molecule has 0 N–H and O–H groups in total. The molecule has 2 heterocycles. The van der Waals surface area contributed by atoms with Gasteiger partial charge in [0.05, 0.1) is 11.8 Å². The van der Waals surface area contributed by atoms with E-state index in [-0.39, 0.29) is 23.7 Å². The van der Waals surface area contributed by atoms with E-state index in [4.69, 9.17) is 0 Å². The lowest BCUT2D eigenvalue weighted by Crippen LogP contribution is -2.41. The zero-order valence-electron chi connectivity index (χ0n) is 16.3. The first-order valence-corrected chi connectivity index (χ1v) is 10.8. The number of carbonyl (C=O) groups is 2. The maximum absolute atomic E-state index is 12.8. The molecule has 1 aromatic carbocycles. The number of benzene rings is 1. The van der Waals surface area contributed by atoms with Crippen LogP contribution in [0.5, 0.6) is 0 Å². The predicted molar refractivity (Wildman–Crippen MR) is 106 cm³/mol. The van der Waals surface area contributed by atoms with Crippen molar-refractivity contribution in [2.24, 2.45) is 17.8 Å². The number of likely N-dealkylation sites (tertiary alicyclic amines) is 2. The van der Waals surface area contributed by atoms with E-state index in [1.165, 1.54) is 18.4 Å². The summed E-state index contributed by atoms with van der Waals surface area (Å²) in [5.74, 6) is 1.09. The lowest BCUT2D eigenvalue weighted by Gasteiger charge is -2.32. The van der Waals surface area contributed by atoms with E-state index in [1.54, 1.807) is 0 Å². The maximum Gasteiger partial charge on any atom is 0.226 e. The Morgan fingerprint density at radius 1 is 0.778 bits per heavy atom. The molecule has 2 amide bonds. The number of nitrogens with zero attached hydrogens (tertiary/aromatic N) is 2. The van der Waals surface area contributed by atoms with Crippen molar-refractivity contribution in [2.45, 2.75) is 51.4 Å². The summed E-state index contributed by atoms with van der Waals surface area (Å²) >= 11 is 0. The van der Waals surface area contributed by atoms with Gasteiger partial charge in [-0.25, -0.2) is 0 Å². The van der Waals surface area contributed by atoms with Crippen LogP contribution in [0.25, 0.3) is 0 Å². The molecule has 1 aliphatic carbocycles. The molecule has 1 aromatic rings. The van der Waals surface area contributed by atoms with Crippen LogP contribution < -0.4 is 0 Å². The second-order valence-electron chi connectivity index (χ2n) is 8.65. The van der Waals surface area contributed by atoms with Crippen LogP contribution in [-0.4, -0.2) is 47.8 Å². The highest BCUT2D eigenvalue weighted by atomic mass is 16.2. The van der Waals surface area contributed by atoms with E-state index in [1.807, 2.05) is 9.80 Å². The molecule has 1 saturated carbocycles. The molecular formula is C23H32N2O2. The predicted octanol–water partition coefficient (Wildman–Crippen LogP) is 3.51. The Bertz CT molecular complexity index is 644. The van der Waals surface area contributed by atoms with Crippen molar-refractivity contribution in [1.29, 1.82) is 0 Å². The Morgan fingerprint density at radius 2 is 1.33 bits per heavy atom. The van der Waals surface area contributed by atoms with Gasteiger partial charge in [0.1, 0.15) is 0 Å². The summed E-state index contributed by atoms with van der Waals surface area (Å²) in [4.78, 5) is 29.6. The fraction of sp³-hybridized carbons (Fsp3) is 0.652.